The van der Waals surface area contributed by atoms with Crippen LogP contribution in [0.2, 0.25) is 0 Å². The van der Waals surface area contributed by atoms with Crippen molar-refractivity contribution in [3.63, 3.8) is 0 Å². The molecule has 1 atom stereocenters. The molecule has 0 spiro atoms. The number of benzene rings is 1. The van der Waals surface area contributed by atoms with E-state index in [0.29, 0.717) is 36.4 Å². The lowest BCUT2D eigenvalue weighted by molar-refractivity contribution is -0.0510. The molecule has 0 N–H and O–H groups in total. The van der Waals surface area contributed by atoms with Gasteiger partial charge >= 0.3 is 0 Å². The lowest BCUT2D eigenvalue weighted by Gasteiger charge is -2.28. The Bertz CT molecular complexity index is 375. The van der Waals surface area contributed by atoms with E-state index < -0.39 is 5.60 Å². The van der Waals surface area contributed by atoms with E-state index in [4.69, 9.17) is 14.2 Å². The highest BCUT2D eigenvalue weighted by atomic mass is 127. The highest BCUT2D eigenvalue weighted by molar-refractivity contribution is 14.1. The number of methoxy groups -OCH3 is 1. The SMILES string of the molecule is COCCOCCOC(C)(CI)c1ccccc1F. The van der Waals surface area contributed by atoms with E-state index in [1.165, 1.54) is 6.07 Å². The van der Waals surface area contributed by atoms with Crippen LogP contribution in [0.5, 0.6) is 0 Å². The summed E-state index contributed by atoms with van der Waals surface area (Å²) in [7, 11) is 1.63. The fourth-order valence-corrected chi connectivity index (χ4v) is 2.28. The van der Waals surface area contributed by atoms with Crippen molar-refractivity contribution >= 4 is 22.6 Å². The van der Waals surface area contributed by atoms with E-state index in [-0.39, 0.29) is 5.82 Å². The molecule has 0 amide bonds. The monoisotopic (exact) mass is 382 g/mol. The van der Waals surface area contributed by atoms with E-state index in [1.54, 1.807) is 19.2 Å². The molecule has 0 heterocycles. The van der Waals surface area contributed by atoms with Gasteiger partial charge in [-0.3, -0.25) is 0 Å². The second-order valence-corrected chi connectivity index (χ2v) is 5.06. The third-order valence-electron chi connectivity index (χ3n) is 2.78. The first-order valence-electron chi connectivity index (χ1n) is 6.15. The molecule has 0 radical (unpaired) electrons. The van der Waals surface area contributed by atoms with Crippen molar-refractivity contribution in [1.82, 2.24) is 0 Å². The molecule has 0 saturated heterocycles. The third kappa shape index (κ3) is 5.33. The average molecular weight is 382 g/mol. The van der Waals surface area contributed by atoms with Crippen molar-refractivity contribution in [2.75, 3.05) is 38.0 Å². The second kappa shape index (κ2) is 8.84. The van der Waals surface area contributed by atoms with Crippen molar-refractivity contribution in [3.8, 4) is 0 Å². The first-order chi connectivity index (χ1) is 9.14. The zero-order valence-electron chi connectivity index (χ0n) is 11.3. The van der Waals surface area contributed by atoms with Gasteiger partial charge in [0, 0.05) is 17.1 Å². The van der Waals surface area contributed by atoms with Gasteiger partial charge in [-0.05, 0) is 13.0 Å². The first-order valence-corrected chi connectivity index (χ1v) is 7.68. The van der Waals surface area contributed by atoms with Gasteiger partial charge in [0.1, 0.15) is 11.4 Å². The van der Waals surface area contributed by atoms with E-state index in [0.717, 1.165) is 0 Å². The number of alkyl halides is 1. The fourth-order valence-electron chi connectivity index (χ4n) is 1.65. The zero-order valence-corrected chi connectivity index (χ0v) is 13.5. The lowest BCUT2D eigenvalue weighted by atomic mass is 9.97. The molecule has 0 bridgehead atoms. The standard InChI is InChI=1S/C14H20FIO3/c1-14(11-16,12-5-3-4-6-13(12)15)19-10-9-18-8-7-17-2/h3-6H,7-11H2,1-2H3. The number of halogens is 2. The van der Waals surface area contributed by atoms with E-state index in [9.17, 15) is 4.39 Å². The molecule has 0 aromatic heterocycles. The van der Waals surface area contributed by atoms with Crippen molar-refractivity contribution in [3.05, 3.63) is 35.6 Å². The van der Waals surface area contributed by atoms with Crippen LogP contribution < -0.4 is 0 Å². The summed E-state index contributed by atoms with van der Waals surface area (Å²) in [4.78, 5) is 0. The maximum absolute atomic E-state index is 13.8. The van der Waals surface area contributed by atoms with Crippen molar-refractivity contribution in [2.24, 2.45) is 0 Å². The number of rotatable bonds is 9. The van der Waals surface area contributed by atoms with E-state index >= 15 is 0 Å². The molecule has 108 valence electrons. The van der Waals surface area contributed by atoms with Gasteiger partial charge in [-0.2, -0.15) is 0 Å². The highest BCUT2D eigenvalue weighted by Crippen LogP contribution is 2.29. The Morgan fingerprint density at radius 1 is 1.16 bits per heavy atom. The predicted molar refractivity (Wildman–Crippen MR) is 81.3 cm³/mol. The Morgan fingerprint density at radius 2 is 1.84 bits per heavy atom. The summed E-state index contributed by atoms with van der Waals surface area (Å²) in [6, 6.07) is 6.72. The Kier molecular flexibility index (Phi) is 7.82. The van der Waals surface area contributed by atoms with Crippen molar-refractivity contribution < 1.29 is 18.6 Å². The summed E-state index contributed by atoms with van der Waals surface area (Å²) >= 11 is 2.21. The van der Waals surface area contributed by atoms with Crippen LogP contribution in [0.15, 0.2) is 24.3 Å². The summed E-state index contributed by atoms with van der Waals surface area (Å²) in [5.74, 6) is -0.234. The quantitative estimate of drug-likeness (QED) is 0.373. The van der Waals surface area contributed by atoms with E-state index in [2.05, 4.69) is 22.6 Å². The topological polar surface area (TPSA) is 27.7 Å². The second-order valence-electron chi connectivity index (χ2n) is 4.30. The zero-order chi connectivity index (χ0) is 14.1. The van der Waals surface area contributed by atoms with Crippen LogP contribution >= 0.6 is 22.6 Å². The van der Waals surface area contributed by atoms with Crippen LogP contribution in [0, 0.1) is 5.82 Å². The summed E-state index contributed by atoms with van der Waals surface area (Å²) < 4.78 is 30.5. The number of hydrogen-bond acceptors (Lipinski definition) is 3. The van der Waals surface area contributed by atoms with Gasteiger partial charge in [0.2, 0.25) is 0 Å². The Hall–Kier alpha value is -0.240. The molecule has 19 heavy (non-hydrogen) atoms. The molecule has 0 aliphatic rings. The van der Waals surface area contributed by atoms with Gasteiger partial charge in [0.05, 0.1) is 26.4 Å². The van der Waals surface area contributed by atoms with Gasteiger partial charge in [-0.25, -0.2) is 4.39 Å². The van der Waals surface area contributed by atoms with Crippen LogP contribution in [-0.2, 0) is 19.8 Å². The van der Waals surface area contributed by atoms with Gasteiger partial charge < -0.3 is 14.2 Å². The van der Waals surface area contributed by atoms with Crippen LogP contribution in [-0.4, -0.2) is 38.0 Å². The summed E-state index contributed by atoms with van der Waals surface area (Å²) in [5, 5.41) is 0. The molecule has 0 aliphatic heterocycles. The molecule has 1 aromatic carbocycles. The minimum absolute atomic E-state index is 0.234. The largest absolute Gasteiger partial charge is 0.382 e. The van der Waals surface area contributed by atoms with Gasteiger partial charge in [0.15, 0.2) is 0 Å². The minimum atomic E-state index is -0.628. The van der Waals surface area contributed by atoms with Crippen LogP contribution in [0.3, 0.4) is 0 Å². The van der Waals surface area contributed by atoms with Gasteiger partial charge in [-0.1, -0.05) is 40.8 Å². The summed E-state index contributed by atoms with van der Waals surface area (Å²) in [6.45, 7) is 3.91. The molecular formula is C14H20FIO3. The molecule has 1 rings (SSSR count). The molecule has 0 fully saturated rings. The van der Waals surface area contributed by atoms with Crippen molar-refractivity contribution in [2.45, 2.75) is 12.5 Å². The van der Waals surface area contributed by atoms with Gasteiger partial charge in [-0.15, -0.1) is 0 Å². The van der Waals surface area contributed by atoms with Crippen LogP contribution in [0.1, 0.15) is 12.5 Å². The first kappa shape index (κ1) is 16.8. The number of ether oxygens (including phenoxy) is 3. The summed E-state index contributed by atoms with van der Waals surface area (Å²) in [5.41, 5.74) is -0.0439. The minimum Gasteiger partial charge on any atom is -0.382 e. The smallest absolute Gasteiger partial charge is 0.129 e. The molecule has 3 nitrogen and oxygen atoms in total. The molecular weight excluding hydrogens is 362 g/mol. The fraction of sp³-hybridized carbons (Fsp3) is 0.571. The van der Waals surface area contributed by atoms with Crippen LogP contribution in [0.25, 0.3) is 0 Å². The molecule has 0 saturated carbocycles. The molecule has 0 aliphatic carbocycles. The maximum atomic E-state index is 13.8. The Labute approximate surface area is 127 Å². The lowest BCUT2D eigenvalue weighted by Crippen LogP contribution is -2.30. The summed E-state index contributed by atoms with van der Waals surface area (Å²) in [6.07, 6.45) is 0. The van der Waals surface area contributed by atoms with Crippen LogP contribution in [0.4, 0.5) is 4.39 Å². The number of hydrogen-bond donors (Lipinski definition) is 0. The molecule has 1 aromatic rings. The predicted octanol–water partition coefficient (Wildman–Crippen LogP) is 3.16. The Morgan fingerprint density at radius 3 is 2.47 bits per heavy atom. The molecule has 5 heteroatoms. The average Bonchev–Trinajstić information content (AvgIpc) is 2.43. The molecule has 1 unspecified atom stereocenters. The third-order valence-corrected chi connectivity index (χ3v) is 4.23. The van der Waals surface area contributed by atoms with Gasteiger partial charge in [0.25, 0.3) is 0 Å². The van der Waals surface area contributed by atoms with E-state index in [1.807, 2.05) is 13.0 Å². The maximum Gasteiger partial charge on any atom is 0.129 e. The normalized spacial score (nSPS) is 14.3. The Balaban J connectivity index is 2.49. The highest BCUT2D eigenvalue weighted by Gasteiger charge is 2.28. The van der Waals surface area contributed by atoms with Crippen molar-refractivity contribution in [1.29, 1.82) is 0 Å².